The Labute approximate surface area is 414 Å². The van der Waals surface area contributed by atoms with Crippen molar-refractivity contribution in [1.82, 2.24) is 9.13 Å². The van der Waals surface area contributed by atoms with Gasteiger partial charge in [-0.1, -0.05) is 205 Å². The van der Waals surface area contributed by atoms with Gasteiger partial charge in [-0.15, -0.1) is 0 Å². The van der Waals surface area contributed by atoms with Gasteiger partial charge in [0.1, 0.15) is 0 Å². The molecule has 0 fully saturated rings. The number of aromatic nitrogens is 2. The van der Waals surface area contributed by atoms with E-state index in [4.69, 9.17) is 0 Å². The van der Waals surface area contributed by atoms with E-state index in [-0.39, 0.29) is 17.5 Å². The second-order valence-electron chi connectivity index (χ2n) is 22.4. The summed E-state index contributed by atoms with van der Waals surface area (Å²) < 4.78 is 5.34. The Balaban J connectivity index is 1.17. The Morgan fingerprint density at radius 3 is 1.48 bits per heavy atom. The van der Waals surface area contributed by atoms with Gasteiger partial charge in [0, 0.05) is 49.3 Å². The van der Waals surface area contributed by atoms with Crippen molar-refractivity contribution in [3.05, 3.63) is 211 Å². The number of nitrogens with zero attached hydrogens (tertiary/aromatic N) is 2. The first kappa shape index (κ1) is 40.7. The van der Waals surface area contributed by atoms with E-state index in [0.717, 1.165) is 0 Å². The molecule has 336 valence electrons. The second kappa shape index (κ2) is 14.2. The van der Waals surface area contributed by atoms with E-state index in [1.807, 2.05) is 0 Å². The van der Waals surface area contributed by atoms with Gasteiger partial charge in [-0.05, 0) is 135 Å². The van der Waals surface area contributed by atoms with Crippen LogP contribution in [0.1, 0.15) is 52.7 Å². The zero-order chi connectivity index (χ0) is 47.7. The fourth-order valence-corrected chi connectivity index (χ4v) is 13.1. The molecule has 0 saturated heterocycles. The van der Waals surface area contributed by atoms with Gasteiger partial charge in [-0.3, -0.25) is 0 Å². The summed E-state index contributed by atoms with van der Waals surface area (Å²) in [6.07, 6.45) is 0. The quantitative estimate of drug-likeness (QED) is 0.123. The minimum atomic E-state index is -0.0684. The first-order valence-electron chi connectivity index (χ1n) is 25.4. The highest BCUT2D eigenvalue weighted by Gasteiger charge is 2.42. The molecule has 0 unspecified atom stereocenters. The van der Waals surface area contributed by atoms with Crippen LogP contribution in [0.3, 0.4) is 0 Å². The lowest BCUT2D eigenvalue weighted by Crippen LogP contribution is -2.59. The van der Waals surface area contributed by atoms with Crippen molar-refractivity contribution >= 4 is 99.0 Å². The third kappa shape index (κ3) is 5.55. The summed E-state index contributed by atoms with van der Waals surface area (Å²) in [7, 11) is 0. The Hall–Kier alpha value is -8.14. The lowest BCUT2D eigenvalue weighted by atomic mass is 9.34. The molecule has 2 aromatic heterocycles. The van der Waals surface area contributed by atoms with Crippen LogP contribution in [0.25, 0.3) is 121 Å². The first-order chi connectivity index (χ1) is 34.5. The van der Waals surface area contributed by atoms with Crippen molar-refractivity contribution in [3.8, 4) is 44.8 Å². The van der Waals surface area contributed by atoms with Crippen molar-refractivity contribution in [2.45, 2.75) is 52.4 Å². The first-order valence-corrected chi connectivity index (χ1v) is 25.4. The molecule has 0 N–H and O–H groups in total. The van der Waals surface area contributed by atoms with E-state index < -0.39 is 0 Å². The molecular weight excluding hydrogens is 856 g/mol. The average molecular weight is 907 g/mol. The number of fused-ring (bicyclic) bond motifs is 17. The predicted molar refractivity (Wildman–Crippen MR) is 306 cm³/mol. The standard InChI is InChI=1S/C68H51BN2/c1-67(2,3)43-31-33-57-53(37-43)54-38-44(68(4,5)6)39-56-66(54)70(57)59-35-42(61-45(40-19-9-7-10-20-40)27-17-28-46(61)41-21-11-8-12-22-41)36-60-64(59)69(56)55-30-18-29-52-63-58(71(60)65(52)55)34-32-51-49-25-14-13-23-47(49)48-24-15-16-26-50(48)62(51)63/h7-39H,1-6H3. The minimum absolute atomic E-state index is 0.0000559. The second-order valence-corrected chi connectivity index (χ2v) is 22.4. The van der Waals surface area contributed by atoms with Crippen LogP contribution in [0, 0.1) is 0 Å². The third-order valence-electron chi connectivity index (χ3n) is 16.4. The minimum Gasteiger partial charge on any atom is -0.310 e. The predicted octanol–water partition coefficient (Wildman–Crippen LogP) is 16.1. The largest absolute Gasteiger partial charge is 0.310 e. The van der Waals surface area contributed by atoms with Crippen molar-refractivity contribution < 1.29 is 0 Å². The van der Waals surface area contributed by atoms with E-state index in [0.29, 0.717) is 0 Å². The maximum Gasteiger partial charge on any atom is 0.252 e. The lowest BCUT2D eigenvalue weighted by molar-refractivity contribution is 0.590. The number of hydrogen-bond acceptors (Lipinski definition) is 0. The summed E-state index contributed by atoms with van der Waals surface area (Å²) in [5.41, 5.74) is 21.7. The highest BCUT2D eigenvalue weighted by Crippen LogP contribution is 2.48. The van der Waals surface area contributed by atoms with Gasteiger partial charge >= 0.3 is 0 Å². The fraction of sp³-hybridized carbons (Fsp3) is 0.118. The summed E-state index contributed by atoms with van der Waals surface area (Å²) in [5, 5.41) is 13.1. The highest BCUT2D eigenvalue weighted by molar-refractivity contribution is 7.00. The number of para-hydroxylation sites is 1. The third-order valence-corrected chi connectivity index (χ3v) is 16.4. The lowest BCUT2D eigenvalue weighted by Gasteiger charge is -2.35. The molecule has 71 heavy (non-hydrogen) atoms. The molecule has 0 amide bonds. The Kier molecular flexibility index (Phi) is 8.17. The molecule has 0 aliphatic carbocycles. The van der Waals surface area contributed by atoms with E-state index >= 15 is 0 Å². The maximum atomic E-state index is 2.68. The summed E-state index contributed by atoms with van der Waals surface area (Å²) in [6.45, 7) is 14.2. The van der Waals surface area contributed by atoms with E-state index in [2.05, 4.69) is 251 Å². The Morgan fingerprint density at radius 1 is 0.338 bits per heavy atom. The van der Waals surface area contributed by atoms with Crippen LogP contribution in [0.5, 0.6) is 0 Å². The van der Waals surface area contributed by atoms with Crippen LogP contribution in [0.2, 0.25) is 0 Å². The van der Waals surface area contributed by atoms with Crippen LogP contribution in [0.4, 0.5) is 0 Å². The highest BCUT2D eigenvalue weighted by atomic mass is 15.0. The van der Waals surface area contributed by atoms with Gasteiger partial charge in [0.2, 0.25) is 0 Å². The summed E-state index contributed by atoms with van der Waals surface area (Å²) in [6, 6.07) is 76.5. The number of rotatable bonds is 3. The van der Waals surface area contributed by atoms with Crippen LogP contribution >= 0.6 is 0 Å². The van der Waals surface area contributed by atoms with Gasteiger partial charge in [0.05, 0.1) is 11.0 Å². The zero-order valence-corrected chi connectivity index (χ0v) is 41.0. The van der Waals surface area contributed by atoms with E-state index in [9.17, 15) is 0 Å². The van der Waals surface area contributed by atoms with Crippen LogP contribution in [-0.2, 0) is 10.8 Å². The maximum absolute atomic E-state index is 2.68. The van der Waals surface area contributed by atoms with Gasteiger partial charge in [-0.25, -0.2) is 0 Å². The van der Waals surface area contributed by atoms with Crippen molar-refractivity contribution in [1.29, 1.82) is 0 Å². The van der Waals surface area contributed by atoms with Gasteiger partial charge in [-0.2, -0.15) is 0 Å². The molecule has 2 aliphatic rings. The Bertz CT molecular complexity index is 4370. The molecule has 0 atom stereocenters. The average Bonchev–Trinajstić information content (AvgIpc) is 3.94. The molecule has 15 rings (SSSR count). The molecule has 0 saturated carbocycles. The molecule has 2 aliphatic heterocycles. The summed E-state index contributed by atoms with van der Waals surface area (Å²) >= 11 is 0. The monoisotopic (exact) mass is 906 g/mol. The molecule has 0 spiro atoms. The molecule has 11 aromatic carbocycles. The SMILES string of the molecule is CC(C)(C)c1ccc2c(c1)c1cc(C(C)(C)C)cc3c1n2-c1cc(-c2c(-c4ccccc4)cccc2-c2ccccc2)cc2c1B3c1cccc3c4c5c6ccccc6c6ccccc6c5ccc4n-2c13. The summed E-state index contributed by atoms with van der Waals surface area (Å²) in [5.74, 6) is 0. The van der Waals surface area contributed by atoms with Crippen molar-refractivity contribution in [2.75, 3.05) is 0 Å². The molecule has 4 heterocycles. The van der Waals surface area contributed by atoms with Crippen molar-refractivity contribution in [2.24, 2.45) is 0 Å². The van der Waals surface area contributed by atoms with Gasteiger partial charge in [0.25, 0.3) is 6.71 Å². The van der Waals surface area contributed by atoms with Gasteiger partial charge < -0.3 is 9.13 Å². The smallest absolute Gasteiger partial charge is 0.252 e. The van der Waals surface area contributed by atoms with Crippen molar-refractivity contribution in [3.63, 3.8) is 0 Å². The fourth-order valence-electron chi connectivity index (χ4n) is 13.1. The molecule has 2 nitrogen and oxygen atoms in total. The Morgan fingerprint density at radius 2 is 0.845 bits per heavy atom. The zero-order valence-electron chi connectivity index (χ0n) is 41.0. The van der Waals surface area contributed by atoms with Crippen LogP contribution in [0.15, 0.2) is 200 Å². The van der Waals surface area contributed by atoms with Gasteiger partial charge in [0.15, 0.2) is 0 Å². The molecule has 13 aromatic rings. The van der Waals surface area contributed by atoms with E-state index in [1.54, 1.807) is 0 Å². The van der Waals surface area contributed by atoms with E-state index in [1.165, 1.54) is 148 Å². The number of hydrogen-bond donors (Lipinski definition) is 0. The van der Waals surface area contributed by atoms with Crippen LogP contribution in [-0.4, -0.2) is 15.8 Å². The molecule has 0 radical (unpaired) electrons. The molecule has 0 bridgehead atoms. The number of benzene rings is 11. The summed E-state index contributed by atoms with van der Waals surface area (Å²) in [4.78, 5) is 0. The van der Waals surface area contributed by atoms with Crippen LogP contribution < -0.4 is 16.4 Å². The topological polar surface area (TPSA) is 9.86 Å². The molecule has 3 heteroatoms. The normalized spacial score (nSPS) is 13.2. The molecular formula is C68H51BN2.